The lowest BCUT2D eigenvalue weighted by Gasteiger charge is -2.29. The van der Waals surface area contributed by atoms with Crippen LogP contribution >= 0.6 is 11.6 Å². The summed E-state index contributed by atoms with van der Waals surface area (Å²) in [4.78, 5) is 27.2. The number of halogens is 1. The highest BCUT2D eigenvalue weighted by Gasteiger charge is 2.27. The number of carbonyl (C=O) groups excluding carboxylic acids is 2. The number of amides is 2. The van der Waals surface area contributed by atoms with E-state index in [1.54, 1.807) is 13.0 Å². The first kappa shape index (κ1) is 23.7. The van der Waals surface area contributed by atoms with Gasteiger partial charge < -0.3 is 15.0 Å². The van der Waals surface area contributed by atoms with Crippen LogP contribution in [0.25, 0.3) is 0 Å². The fourth-order valence-electron chi connectivity index (χ4n) is 3.11. The third-order valence-corrected chi connectivity index (χ3v) is 5.35. The Labute approximate surface area is 184 Å². The Kier molecular flexibility index (Phi) is 9.18. The molecule has 0 aliphatic carbocycles. The van der Waals surface area contributed by atoms with Gasteiger partial charge in [0.2, 0.25) is 5.91 Å². The van der Waals surface area contributed by atoms with Crippen molar-refractivity contribution >= 4 is 23.4 Å². The first-order valence-corrected chi connectivity index (χ1v) is 10.7. The molecule has 30 heavy (non-hydrogen) atoms. The van der Waals surface area contributed by atoms with Gasteiger partial charge in [0, 0.05) is 18.1 Å². The normalized spacial score (nSPS) is 11.6. The van der Waals surface area contributed by atoms with Crippen LogP contribution in [0.15, 0.2) is 42.5 Å². The van der Waals surface area contributed by atoms with E-state index in [2.05, 4.69) is 12.2 Å². The molecular weight excluding hydrogens is 400 g/mol. The predicted molar refractivity (Wildman–Crippen MR) is 121 cm³/mol. The monoisotopic (exact) mass is 430 g/mol. The molecule has 1 atom stereocenters. The second-order valence-corrected chi connectivity index (χ2v) is 7.90. The average Bonchev–Trinajstić information content (AvgIpc) is 2.72. The van der Waals surface area contributed by atoms with Crippen LogP contribution in [0.5, 0.6) is 5.75 Å². The molecule has 0 bridgehead atoms. The van der Waals surface area contributed by atoms with Gasteiger partial charge in [-0.15, -0.1) is 0 Å². The molecule has 0 fully saturated rings. The Morgan fingerprint density at radius 2 is 1.90 bits per heavy atom. The van der Waals surface area contributed by atoms with E-state index in [0.717, 1.165) is 29.5 Å². The zero-order valence-corrected chi connectivity index (χ0v) is 19.0. The van der Waals surface area contributed by atoms with Crippen molar-refractivity contribution < 1.29 is 14.3 Å². The molecule has 1 N–H and O–H groups in total. The van der Waals surface area contributed by atoms with E-state index in [-0.39, 0.29) is 25.0 Å². The van der Waals surface area contributed by atoms with E-state index in [9.17, 15) is 9.59 Å². The van der Waals surface area contributed by atoms with Crippen LogP contribution in [0.3, 0.4) is 0 Å². The summed E-state index contributed by atoms with van der Waals surface area (Å²) in [6.07, 6.45) is 1.88. The zero-order chi connectivity index (χ0) is 22.1. The van der Waals surface area contributed by atoms with Crippen molar-refractivity contribution in [1.29, 1.82) is 0 Å². The summed E-state index contributed by atoms with van der Waals surface area (Å²) < 4.78 is 5.78. The molecule has 2 rings (SSSR count). The van der Waals surface area contributed by atoms with Gasteiger partial charge >= 0.3 is 0 Å². The number of ether oxygens (including phenoxy) is 1. The van der Waals surface area contributed by atoms with Gasteiger partial charge in [-0.05, 0) is 50.5 Å². The second-order valence-electron chi connectivity index (χ2n) is 7.49. The molecular formula is C24H31ClN2O3. The van der Waals surface area contributed by atoms with Gasteiger partial charge in [0.1, 0.15) is 11.8 Å². The van der Waals surface area contributed by atoms with Gasteiger partial charge in [0.25, 0.3) is 5.91 Å². The number of hydrogen-bond donors (Lipinski definition) is 1. The maximum Gasteiger partial charge on any atom is 0.261 e. The van der Waals surface area contributed by atoms with Crippen molar-refractivity contribution in [3.63, 3.8) is 0 Å². The molecule has 162 valence electrons. The molecule has 0 spiro atoms. The summed E-state index contributed by atoms with van der Waals surface area (Å²) in [6.45, 7) is 8.41. The van der Waals surface area contributed by atoms with Crippen LogP contribution in [0, 0.1) is 13.8 Å². The van der Waals surface area contributed by atoms with Gasteiger partial charge in [-0.1, -0.05) is 60.8 Å². The minimum Gasteiger partial charge on any atom is -0.483 e. The molecule has 0 radical (unpaired) electrons. The van der Waals surface area contributed by atoms with Crippen LogP contribution in [0.2, 0.25) is 5.02 Å². The van der Waals surface area contributed by atoms with E-state index in [4.69, 9.17) is 16.3 Å². The standard InChI is InChI=1S/C24H31ClN2O3/c1-5-6-13-26-24(29)19(4)27(15-20-9-7-8-10-21(20)25)23(28)16-30-22-12-11-17(2)14-18(22)3/h7-12,14,19H,5-6,13,15-16H2,1-4H3,(H,26,29). The number of unbranched alkanes of at least 4 members (excludes halogenated alkanes) is 1. The molecule has 0 aromatic heterocycles. The molecule has 0 aliphatic rings. The molecule has 2 aromatic carbocycles. The quantitative estimate of drug-likeness (QED) is 0.557. The smallest absolute Gasteiger partial charge is 0.261 e. The lowest BCUT2D eigenvalue weighted by molar-refractivity contribution is -0.142. The van der Waals surface area contributed by atoms with Gasteiger partial charge in [0.15, 0.2) is 6.61 Å². The topological polar surface area (TPSA) is 58.6 Å². The highest BCUT2D eigenvalue weighted by atomic mass is 35.5. The van der Waals surface area contributed by atoms with Crippen molar-refractivity contribution in [3.8, 4) is 5.75 Å². The average molecular weight is 431 g/mol. The number of nitrogens with one attached hydrogen (secondary N) is 1. The number of aryl methyl sites for hydroxylation is 2. The highest BCUT2D eigenvalue weighted by molar-refractivity contribution is 6.31. The Hall–Kier alpha value is -2.53. The Balaban J connectivity index is 2.15. The molecule has 2 aromatic rings. The first-order chi connectivity index (χ1) is 14.3. The van der Waals surface area contributed by atoms with E-state index >= 15 is 0 Å². The van der Waals surface area contributed by atoms with Crippen LogP contribution in [0.1, 0.15) is 43.4 Å². The molecule has 2 amide bonds. The SMILES string of the molecule is CCCCNC(=O)C(C)N(Cc1ccccc1Cl)C(=O)COc1ccc(C)cc1C. The van der Waals surface area contributed by atoms with Gasteiger partial charge in [-0.3, -0.25) is 9.59 Å². The molecule has 0 heterocycles. The fraction of sp³-hybridized carbons (Fsp3) is 0.417. The summed E-state index contributed by atoms with van der Waals surface area (Å²) >= 11 is 6.30. The summed E-state index contributed by atoms with van der Waals surface area (Å²) in [7, 11) is 0. The van der Waals surface area contributed by atoms with E-state index < -0.39 is 6.04 Å². The minimum absolute atomic E-state index is 0.152. The zero-order valence-electron chi connectivity index (χ0n) is 18.2. The Morgan fingerprint density at radius 3 is 2.57 bits per heavy atom. The van der Waals surface area contributed by atoms with Crippen molar-refractivity contribution in [1.82, 2.24) is 10.2 Å². The number of nitrogens with zero attached hydrogens (tertiary/aromatic N) is 1. The number of benzene rings is 2. The molecule has 5 nitrogen and oxygen atoms in total. The summed E-state index contributed by atoms with van der Waals surface area (Å²) in [6, 6.07) is 12.5. The van der Waals surface area contributed by atoms with Crippen LogP contribution < -0.4 is 10.1 Å². The number of carbonyl (C=O) groups is 2. The lowest BCUT2D eigenvalue weighted by Crippen LogP contribution is -2.49. The Morgan fingerprint density at radius 1 is 1.17 bits per heavy atom. The third-order valence-electron chi connectivity index (χ3n) is 4.98. The van der Waals surface area contributed by atoms with Gasteiger partial charge in [-0.2, -0.15) is 0 Å². The van der Waals surface area contributed by atoms with Crippen LogP contribution in [0.4, 0.5) is 0 Å². The van der Waals surface area contributed by atoms with E-state index in [0.29, 0.717) is 17.3 Å². The fourth-order valence-corrected chi connectivity index (χ4v) is 3.31. The molecule has 0 saturated heterocycles. The Bertz CT molecular complexity index is 869. The second kappa shape index (κ2) is 11.6. The molecule has 0 saturated carbocycles. The highest BCUT2D eigenvalue weighted by Crippen LogP contribution is 2.21. The van der Waals surface area contributed by atoms with Gasteiger partial charge in [-0.25, -0.2) is 0 Å². The number of hydrogen-bond acceptors (Lipinski definition) is 3. The molecule has 6 heteroatoms. The van der Waals surface area contributed by atoms with Crippen molar-refractivity contribution in [2.45, 2.75) is 53.1 Å². The van der Waals surface area contributed by atoms with Crippen molar-refractivity contribution in [2.75, 3.05) is 13.2 Å². The van der Waals surface area contributed by atoms with E-state index in [1.807, 2.05) is 50.2 Å². The maximum absolute atomic E-state index is 13.1. The molecule has 1 unspecified atom stereocenters. The van der Waals surface area contributed by atoms with Crippen LogP contribution in [-0.2, 0) is 16.1 Å². The lowest BCUT2D eigenvalue weighted by atomic mass is 10.1. The van der Waals surface area contributed by atoms with E-state index in [1.165, 1.54) is 4.90 Å². The summed E-state index contributed by atoms with van der Waals surface area (Å²) in [5, 5.41) is 3.46. The minimum atomic E-state index is -0.645. The summed E-state index contributed by atoms with van der Waals surface area (Å²) in [5.74, 6) is 0.204. The maximum atomic E-state index is 13.1. The van der Waals surface area contributed by atoms with Crippen molar-refractivity contribution in [2.24, 2.45) is 0 Å². The molecule has 0 aliphatic heterocycles. The van der Waals surface area contributed by atoms with Crippen LogP contribution in [-0.4, -0.2) is 35.9 Å². The first-order valence-electron chi connectivity index (χ1n) is 10.3. The summed E-state index contributed by atoms with van der Waals surface area (Å²) in [5.41, 5.74) is 2.88. The van der Waals surface area contributed by atoms with Crippen molar-refractivity contribution in [3.05, 3.63) is 64.2 Å². The predicted octanol–water partition coefficient (Wildman–Crippen LogP) is 4.67. The van der Waals surface area contributed by atoms with Gasteiger partial charge in [0.05, 0.1) is 0 Å². The largest absolute Gasteiger partial charge is 0.483 e. The third kappa shape index (κ3) is 6.77. The number of rotatable bonds is 10.